The Bertz CT molecular complexity index is 553. The quantitative estimate of drug-likeness (QED) is 0.865. The Balaban J connectivity index is 2.34. The molecule has 0 amide bonds. The number of hydrogen-bond acceptors (Lipinski definition) is 3. The van der Waals surface area contributed by atoms with Crippen LogP contribution in [0.1, 0.15) is 41.3 Å². The summed E-state index contributed by atoms with van der Waals surface area (Å²) in [5.74, 6) is -0.832. The summed E-state index contributed by atoms with van der Waals surface area (Å²) in [5, 5.41) is 9.32. The minimum Gasteiger partial charge on any atom is -0.496 e. The molecule has 1 aliphatic rings. The van der Waals surface area contributed by atoms with Crippen molar-refractivity contribution in [2.24, 2.45) is 17.8 Å². The Morgan fingerprint density at radius 2 is 1.67 bits per heavy atom. The van der Waals surface area contributed by atoms with Crippen molar-refractivity contribution in [3.05, 3.63) is 28.8 Å². The van der Waals surface area contributed by atoms with Crippen molar-refractivity contribution in [3.8, 4) is 5.75 Å². The van der Waals surface area contributed by atoms with Gasteiger partial charge in [-0.3, -0.25) is 9.59 Å². The third-order valence-electron chi connectivity index (χ3n) is 4.40. The molecule has 1 N–H and O–H groups in total. The monoisotopic (exact) mass is 290 g/mol. The fraction of sp³-hybridized carbons (Fsp3) is 0.529. The minimum atomic E-state index is -0.861. The number of carboxylic acids is 1. The number of aliphatic carboxylic acids is 1. The van der Waals surface area contributed by atoms with Crippen molar-refractivity contribution in [2.75, 3.05) is 7.11 Å². The zero-order chi connectivity index (χ0) is 15.7. The van der Waals surface area contributed by atoms with E-state index in [9.17, 15) is 14.7 Å². The molecule has 4 heteroatoms. The number of ether oxygens (including phenoxy) is 1. The highest BCUT2D eigenvalue weighted by Crippen LogP contribution is 2.39. The summed E-state index contributed by atoms with van der Waals surface area (Å²) < 4.78 is 5.31. The molecule has 4 nitrogen and oxygen atoms in total. The topological polar surface area (TPSA) is 63.6 Å². The van der Waals surface area contributed by atoms with E-state index >= 15 is 0 Å². The maximum atomic E-state index is 12.7. The molecule has 0 aliphatic heterocycles. The molecule has 1 saturated carbocycles. The number of benzene rings is 1. The fourth-order valence-corrected chi connectivity index (χ4v) is 3.48. The number of Topliss-reactive ketones (excluding diaryl/α,β-unsaturated/α-hetero) is 1. The summed E-state index contributed by atoms with van der Waals surface area (Å²) in [5.41, 5.74) is 2.40. The molecular weight excluding hydrogens is 268 g/mol. The van der Waals surface area contributed by atoms with Crippen molar-refractivity contribution in [1.82, 2.24) is 0 Å². The Morgan fingerprint density at radius 3 is 2.14 bits per heavy atom. The third kappa shape index (κ3) is 2.94. The molecule has 2 rings (SSSR count). The molecule has 21 heavy (non-hydrogen) atoms. The first-order valence-corrected chi connectivity index (χ1v) is 7.27. The molecule has 1 aromatic rings. The Labute approximate surface area is 125 Å². The predicted octanol–water partition coefficient (Wildman–Crippen LogP) is 3.24. The highest BCUT2D eigenvalue weighted by atomic mass is 16.5. The largest absolute Gasteiger partial charge is 0.496 e. The summed E-state index contributed by atoms with van der Waals surface area (Å²) in [6.45, 7) is 5.80. The van der Waals surface area contributed by atoms with Crippen LogP contribution in [0.2, 0.25) is 0 Å². The lowest BCUT2D eigenvalue weighted by atomic mass is 9.87. The molecule has 3 unspecified atom stereocenters. The van der Waals surface area contributed by atoms with Gasteiger partial charge in [-0.25, -0.2) is 0 Å². The number of carboxylic acid groups (broad SMARTS) is 1. The van der Waals surface area contributed by atoms with Crippen LogP contribution in [0.4, 0.5) is 0 Å². The second-order valence-corrected chi connectivity index (χ2v) is 6.14. The Morgan fingerprint density at radius 1 is 1.14 bits per heavy atom. The number of rotatable bonds is 4. The van der Waals surface area contributed by atoms with Crippen LogP contribution < -0.4 is 4.74 Å². The molecule has 114 valence electrons. The van der Waals surface area contributed by atoms with E-state index in [1.54, 1.807) is 19.2 Å². The lowest BCUT2D eigenvalue weighted by Gasteiger charge is -2.16. The van der Waals surface area contributed by atoms with Crippen LogP contribution in [0.25, 0.3) is 0 Å². The van der Waals surface area contributed by atoms with Gasteiger partial charge in [-0.2, -0.15) is 0 Å². The number of ketones is 1. The molecular formula is C17H22O4. The molecule has 1 aromatic carbocycles. The van der Waals surface area contributed by atoms with Gasteiger partial charge >= 0.3 is 5.97 Å². The van der Waals surface area contributed by atoms with E-state index < -0.39 is 17.8 Å². The lowest BCUT2D eigenvalue weighted by Crippen LogP contribution is -2.25. The van der Waals surface area contributed by atoms with Crippen molar-refractivity contribution in [3.63, 3.8) is 0 Å². The van der Waals surface area contributed by atoms with Gasteiger partial charge in [0.2, 0.25) is 0 Å². The smallest absolute Gasteiger partial charge is 0.307 e. The summed E-state index contributed by atoms with van der Waals surface area (Å²) >= 11 is 0. The summed E-state index contributed by atoms with van der Waals surface area (Å²) in [6.07, 6.45) is 1.24. The number of hydrogen-bond donors (Lipinski definition) is 1. The van der Waals surface area contributed by atoms with E-state index in [-0.39, 0.29) is 11.7 Å². The summed E-state index contributed by atoms with van der Waals surface area (Å²) in [7, 11) is 1.61. The Kier molecular flexibility index (Phi) is 4.35. The molecule has 0 saturated heterocycles. The van der Waals surface area contributed by atoms with Crippen molar-refractivity contribution in [1.29, 1.82) is 0 Å². The van der Waals surface area contributed by atoms with Crippen molar-refractivity contribution >= 4 is 11.8 Å². The first kappa shape index (κ1) is 15.5. The predicted molar refractivity (Wildman–Crippen MR) is 79.8 cm³/mol. The van der Waals surface area contributed by atoms with Gasteiger partial charge in [-0.1, -0.05) is 6.92 Å². The highest BCUT2D eigenvalue weighted by Gasteiger charge is 2.41. The van der Waals surface area contributed by atoms with E-state index in [0.29, 0.717) is 18.4 Å². The highest BCUT2D eigenvalue weighted by molar-refractivity contribution is 6.00. The second kappa shape index (κ2) is 5.88. The number of aryl methyl sites for hydroxylation is 2. The van der Waals surface area contributed by atoms with Crippen LogP contribution in [-0.4, -0.2) is 24.0 Å². The van der Waals surface area contributed by atoms with Gasteiger partial charge in [-0.05, 0) is 55.9 Å². The first-order valence-electron chi connectivity index (χ1n) is 7.27. The zero-order valence-electron chi connectivity index (χ0n) is 13.0. The lowest BCUT2D eigenvalue weighted by molar-refractivity contribution is -0.142. The van der Waals surface area contributed by atoms with Crippen molar-refractivity contribution in [2.45, 2.75) is 33.6 Å². The van der Waals surface area contributed by atoms with E-state index in [2.05, 4.69) is 0 Å². The molecule has 0 heterocycles. The average molecular weight is 290 g/mol. The SMILES string of the molecule is COc1c(C)cc(C(=O)C2CC(C)CC2C(=O)O)cc1C. The molecule has 0 bridgehead atoms. The van der Waals surface area contributed by atoms with Gasteiger partial charge < -0.3 is 9.84 Å². The van der Waals surface area contributed by atoms with E-state index in [4.69, 9.17) is 4.74 Å². The summed E-state index contributed by atoms with van der Waals surface area (Å²) in [4.78, 5) is 24.1. The maximum Gasteiger partial charge on any atom is 0.307 e. The minimum absolute atomic E-state index is 0.0550. The van der Waals surface area contributed by atoms with Gasteiger partial charge in [-0.15, -0.1) is 0 Å². The summed E-state index contributed by atoms with van der Waals surface area (Å²) in [6, 6.07) is 3.60. The number of carbonyl (C=O) groups is 2. The van der Waals surface area contributed by atoms with Crippen LogP contribution in [0, 0.1) is 31.6 Å². The normalized spacial score (nSPS) is 24.9. The number of carbonyl (C=O) groups excluding carboxylic acids is 1. The molecule has 0 aromatic heterocycles. The van der Waals surface area contributed by atoms with Gasteiger partial charge in [0.15, 0.2) is 5.78 Å². The van der Waals surface area contributed by atoms with Crippen molar-refractivity contribution < 1.29 is 19.4 Å². The average Bonchev–Trinajstić information content (AvgIpc) is 2.79. The maximum absolute atomic E-state index is 12.7. The van der Waals surface area contributed by atoms with E-state index in [1.807, 2.05) is 20.8 Å². The third-order valence-corrected chi connectivity index (χ3v) is 4.40. The molecule has 3 atom stereocenters. The van der Waals surface area contributed by atoms with Gasteiger partial charge in [0, 0.05) is 11.5 Å². The van der Waals surface area contributed by atoms with Crippen LogP contribution in [-0.2, 0) is 4.79 Å². The second-order valence-electron chi connectivity index (χ2n) is 6.14. The molecule has 0 spiro atoms. The van der Waals surface area contributed by atoms with Crippen LogP contribution in [0.3, 0.4) is 0 Å². The van der Waals surface area contributed by atoms with Crippen LogP contribution >= 0.6 is 0 Å². The van der Waals surface area contributed by atoms with Gasteiger partial charge in [0.1, 0.15) is 5.75 Å². The van der Waals surface area contributed by atoms with Crippen LogP contribution in [0.5, 0.6) is 5.75 Å². The van der Waals surface area contributed by atoms with Gasteiger partial charge in [0.05, 0.1) is 13.0 Å². The zero-order valence-corrected chi connectivity index (χ0v) is 13.0. The standard InChI is InChI=1S/C17H22O4/c1-9-5-13(14(6-9)17(19)20)15(18)12-7-10(2)16(21-4)11(3)8-12/h7-9,13-14H,5-6H2,1-4H3,(H,19,20). The molecule has 1 fully saturated rings. The van der Waals surface area contributed by atoms with Gasteiger partial charge in [0.25, 0.3) is 0 Å². The first-order chi connectivity index (χ1) is 9.85. The van der Waals surface area contributed by atoms with E-state index in [0.717, 1.165) is 16.9 Å². The fourth-order valence-electron chi connectivity index (χ4n) is 3.48. The van der Waals surface area contributed by atoms with Crippen LogP contribution in [0.15, 0.2) is 12.1 Å². The molecule has 0 radical (unpaired) electrons. The molecule has 1 aliphatic carbocycles. The number of methoxy groups -OCH3 is 1. The Hall–Kier alpha value is -1.84. The van der Waals surface area contributed by atoms with E-state index in [1.165, 1.54) is 0 Å².